The van der Waals surface area contributed by atoms with Crippen LogP contribution in [0.4, 0.5) is 0 Å². The molecule has 3 heterocycles. The van der Waals surface area contributed by atoms with E-state index in [1.165, 1.54) is 10.7 Å². The average molecular weight is 492 g/mol. The van der Waals surface area contributed by atoms with Gasteiger partial charge in [-0.05, 0) is 24.8 Å². The highest BCUT2D eigenvalue weighted by atomic mass is 32.2. The number of carbonyl (C=O) groups excluding carboxylic acids is 2. The Morgan fingerprint density at radius 1 is 0.647 bits per heavy atom. The van der Waals surface area contributed by atoms with Crippen molar-refractivity contribution in [1.82, 2.24) is 23.9 Å². The van der Waals surface area contributed by atoms with Gasteiger partial charge in [-0.2, -0.15) is 4.31 Å². The Labute approximate surface area is 203 Å². The Kier molecular flexibility index (Phi) is 8.57. The highest BCUT2D eigenvalue weighted by molar-refractivity contribution is 7.88. The predicted molar refractivity (Wildman–Crippen MR) is 131 cm³/mol. The van der Waals surface area contributed by atoms with Crippen molar-refractivity contribution in [2.75, 3.05) is 78.5 Å². The van der Waals surface area contributed by atoms with E-state index in [4.69, 9.17) is 0 Å². The Morgan fingerprint density at radius 3 is 1.68 bits per heavy atom. The van der Waals surface area contributed by atoms with E-state index in [2.05, 4.69) is 9.80 Å². The van der Waals surface area contributed by atoms with Crippen LogP contribution < -0.4 is 0 Å². The van der Waals surface area contributed by atoms with Crippen LogP contribution in [0.25, 0.3) is 0 Å². The maximum Gasteiger partial charge on any atom is 0.236 e. The Morgan fingerprint density at radius 2 is 1.15 bits per heavy atom. The number of sulfonamides is 1. The van der Waals surface area contributed by atoms with Gasteiger partial charge in [0.05, 0.1) is 18.8 Å². The summed E-state index contributed by atoms with van der Waals surface area (Å²) in [4.78, 5) is 33.4. The first-order valence-corrected chi connectivity index (χ1v) is 14.0. The molecule has 188 valence electrons. The van der Waals surface area contributed by atoms with Gasteiger partial charge in [-0.15, -0.1) is 0 Å². The number of rotatable bonds is 7. The molecule has 0 atom stereocenters. The molecular weight excluding hydrogens is 454 g/mol. The van der Waals surface area contributed by atoms with Crippen LogP contribution >= 0.6 is 0 Å². The number of benzene rings is 1. The van der Waals surface area contributed by atoms with Crippen molar-refractivity contribution in [1.29, 1.82) is 0 Å². The highest BCUT2D eigenvalue weighted by Crippen LogP contribution is 2.15. The Bertz CT molecular complexity index is 920. The van der Waals surface area contributed by atoms with Gasteiger partial charge in [0.2, 0.25) is 21.8 Å². The van der Waals surface area contributed by atoms with Gasteiger partial charge in [0, 0.05) is 65.4 Å². The number of piperazine rings is 2. The molecule has 34 heavy (non-hydrogen) atoms. The molecule has 0 bridgehead atoms. The number of carbonyl (C=O) groups is 2. The maximum absolute atomic E-state index is 12.8. The molecule has 0 spiro atoms. The number of likely N-dealkylation sites (tertiary alicyclic amines) is 1. The zero-order valence-corrected chi connectivity index (χ0v) is 20.8. The van der Waals surface area contributed by atoms with Crippen LogP contribution in [0, 0.1) is 0 Å². The standard InChI is InChI=1S/C24H37N5O4S/c30-23(27-9-5-2-6-10-27)19-25-11-13-26(14-12-25)20-24(31)28-15-17-29(18-16-28)34(32,33)21-22-7-3-1-4-8-22/h1,3-4,7-8H,2,5-6,9-21H2. The fourth-order valence-corrected chi connectivity index (χ4v) is 6.44. The second-order valence-electron chi connectivity index (χ2n) is 9.52. The summed E-state index contributed by atoms with van der Waals surface area (Å²) < 4.78 is 27.0. The summed E-state index contributed by atoms with van der Waals surface area (Å²) in [5.74, 6) is 0.272. The smallest absolute Gasteiger partial charge is 0.236 e. The summed E-state index contributed by atoms with van der Waals surface area (Å²) in [7, 11) is -3.39. The third-order valence-corrected chi connectivity index (χ3v) is 8.92. The molecule has 0 N–H and O–H groups in total. The van der Waals surface area contributed by atoms with Crippen LogP contribution in [0.3, 0.4) is 0 Å². The normalized spacial score (nSPS) is 21.5. The summed E-state index contributed by atoms with van der Waals surface area (Å²) in [6.07, 6.45) is 3.43. The predicted octanol–water partition coefficient (Wildman–Crippen LogP) is 0.291. The first-order chi connectivity index (χ1) is 16.4. The van der Waals surface area contributed by atoms with E-state index in [1.54, 1.807) is 4.90 Å². The van der Waals surface area contributed by atoms with E-state index in [0.29, 0.717) is 39.3 Å². The van der Waals surface area contributed by atoms with Crippen molar-refractivity contribution in [3.63, 3.8) is 0 Å². The van der Waals surface area contributed by atoms with E-state index >= 15 is 0 Å². The second-order valence-corrected chi connectivity index (χ2v) is 11.5. The van der Waals surface area contributed by atoms with E-state index in [0.717, 1.165) is 57.7 Å². The topological polar surface area (TPSA) is 84.5 Å². The molecule has 3 saturated heterocycles. The lowest BCUT2D eigenvalue weighted by Crippen LogP contribution is -2.55. The number of nitrogens with zero attached hydrogens (tertiary/aromatic N) is 5. The van der Waals surface area contributed by atoms with Gasteiger partial charge in [0.15, 0.2) is 0 Å². The average Bonchev–Trinajstić information content (AvgIpc) is 2.86. The molecule has 1 aromatic carbocycles. The molecule has 9 nitrogen and oxygen atoms in total. The SMILES string of the molecule is O=C(CN1CCN(CC(=O)N2CCN(S(=O)(=O)Cc3ccccc3)CC2)CC1)N1CCCCC1. The molecule has 0 aliphatic carbocycles. The molecule has 0 aromatic heterocycles. The van der Waals surface area contributed by atoms with E-state index < -0.39 is 10.0 Å². The van der Waals surface area contributed by atoms with Crippen molar-refractivity contribution in [3.05, 3.63) is 35.9 Å². The Balaban J connectivity index is 1.16. The van der Waals surface area contributed by atoms with Crippen molar-refractivity contribution >= 4 is 21.8 Å². The number of hydrogen-bond donors (Lipinski definition) is 0. The molecule has 4 rings (SSSR count). The Hall–Kier alpha value is -2.01. The minimum atomic E-state index is -3.39. The molecule has 1 aromatic rings. The van der Waals surface area contributed by atoms with Crippen LogP contribution in [0.2, 0.25) is 0 Å². The summed E-state index contributed by atoms with van der Waals surface area (Å²) in [5, 5.41) is 0. The molecule has 10 heteroatoms. The lowest BCUT2D eigenvalue weighted by atomic mass is 10.1. The largest absolute Gasteiger partial charge is 0.342 e. The van der Waals surface area contributed by atoms with Gasteiger partial charge >= 0.3 is 0 Å². The number of piperidine rings is 1. The molecule has 3 aliphatic rings. The van der Waals surface area contributed by atoms with Crippen LogP contribution in [-0.4, -0.2) is 123 Å². The van der Waals surface area contributed by atoms with Gasteiger partial charge in [0.1, 0.15) is 0 Å². The number of hydrogen-bond acceptors (Lipinski definition) is 6. The molecule has 0 radical (unpaired) electrons. The van der Waals surface area contributed by atoms with E-state index in [-0.39, 0.29) is 17.6 Å². The summed E-state index contributed by atoms with van der Waals surface area (Å²) in [6, 6.07) is 9.19. The fraction of sp³-hybridized carbons (Fsp3) is 0.667. The quantitative estimate of drug-likeness (QED) is 0.545. The van der Waals surface area contributed by atoms with Crippen molar-refractivity contribution in [2.24, 2.45) is 0 Å². The third-order valence-electron chi connectivity index (χ3n) is 7.07. The lowest BCUT2D eigenvalue weighted by molar-refractivity contribution is -0.136. The van der Waals surface area contributed by atoms with Crippen LogP contribution in [0.1, 0.15) is 24.8 Å². The van der Waals surface area contributed by atoms with Crippen LogP contribution in [0.15, 0.2) is 30.3 Å². The summed E-state index contributed by atoms with van der Waals surface area (Å²) in [6.45, 7) is 7.24. The van der Waals surface area contributed by atoms with Gasteiger partial charge in [-0.25, -0.2) is 8.42 Å². The fourth-order valence-electron chi connectivity index (χ4n) is 4.92. The summed E-state index contributed by atoms with van der Waals surface area (Å²) >= 11 is 0. The molecule has 3 aliphatic heterocycles. The zero-order valence-electron chi connectivity index (χ0n) is 20.0. The summed E-state index contributed by atoms with van der Waals surface area (Å²) in [5.41, 5.74) is 0.776. The van der Waals surface area contributed by atoms with Gasteiger partial charge in [-0.3, -0.25) is 19.4 Å². The van der Waals surface area contributed by atoms with Gasteiger partial charge < -0.3 is 9.80 Å². The first-order valence-electron chi connectivity index (χ1n) is 12.4. The molecule has 0 saturated carbocycles. The number of amides is 2. The van der Waals surface area contributed by atoms with E-state index in [1.807, 2.05) is 35.2 Å². The van der Waals surface area contributed by atoms with Crippen LogP contribution in [0.5, 0.6) is 0 Å². The lowest BCUT2D eigenvalue weighted by Gasteiger charge is -2.38. The second kappa shape index (κ2) is 11.6. The van der Waals surface area contributed by atoms with Crippen molar-refractivity contribution in [2.45, 2.75) is 25.0 Å². The van der Waals surface area contributed by atoms with E-state index in [9.17, 15) is 18.0 Å². The van der Waals surface area contributed by atoms with Gasteiger partial charge in [0.25, 0.3) is 0 Å². The first kappa shape index (κ1) is 25.1. The minimum absolute atomic E-state index is 0.00761. The zero-order chi connectivity index (χ0) is 24.0. The van der Waals surface area contributed by atoms with Crippen molar-refractivity contribution < 1.29 is 18.0 Å². The monoisotopic (exact) mass is 491 g/mol. The van der Waals surface area contributed by atoms with Crippen molar-refractivity contribution in [3.8, 4) is 0 Å². The van der Waals surface area contributed by atoms with Crippen LogP contribution in [-0.2, 0) is 25.4 Å². The maximum atomic E-state index is 12.8. The minimum Gasteiger partial charge on any atom is -0.342 e. The molecule has 3 fully saturated rings. The molecule has 2 amide bonds. The third kappa shape index (κ3) is 6.78. The molecular formula is C24H37N5O4S. The van der Waals surface area contributed by atoms with Gasteiger partial charge in [-0.1, -0.05) is 30.3 Å². The molecule has 0 unspecified atom stereocenters. The highest BCUT2D eigenvalue weighted by Gasteiger charge is 2.30.